The fourth-order valence-corrected chi connectivity index (χ4v) is 1.51. The first-order chi connectivity index (χ1) is 7.41. The summed E-state index contributed by atoms with van der Waals surface area (Å²) in [5.74, 6) is -1.23. The highest BCUT2D eigenvalue weighted by Crippen LogP contribution is 2.23. The van der Waals surface area contributed by atoms with E-state index in [2.05, 4.69) is 0 Å². The van der Waals surface area contributed by atoms with E-state index in [1.54, 1.807) is 13.8 Å². The minimum Gasteiger partial charge on any atom is -0.385 e. The molecule has 6 nitrogen and oxygen atoms in total. The van der Waals surface area contributed by atoms with E-state index in [4.69, 9.17) is 18.9 Å². The van der Waals surface area contributed by atoms with Crippen LogP contribution in [0, 0.1) is 0 Å². The molecule has 0 radical (unpaired) electrons. The van der Waals surface area contributed by atoms with Crippen molar-refractivity contribution in [1.29, 1.82) is 0 Å². The molecule has 1 aliphatic heterocycles. The van der Waals surface area contributed by atoms with Crippen LogP contribution in [0.5, 0.6) is 0 Å². The third kappa shape index (κ3) is 2.99. The maximum absolute atomic E-state index is 11.5. The molecule has 0 aromatic heterocycles. The summed E-state index contributed by atoms with van der Waals surface area (Å²) in [6.07, 6.45) is -3.07. The van der Waals surface area contributed by atoms with Crippen LogP contribution < -0.4 is 0 Å². The van der Waals surface area contributed by atoms with Crippen molar-refractivity contribution in [3.63, 3.8) is 0 Å². The lowest BCUT2D eigenvalue weighted by Crippen LogP contribution is -2.54. The zero-order valence-corrected chi connectivity index (χ0v) is 9.93. The van der Waals surface area contributed by atoms with Crippen LogP contribution in [0.15, 0.2) is 0 Å². The summed E-state index contributed by atoms with van der Waals surface area (Å²) < 4.78 is 20.3. The second-order valence-electron chi connectivity index (χ2n) is 4.02. The summed E-state index contributed by atoms with van der Waals surface area (Å²) in [6, 6.07) is 0. The lowest BCUT2D eigenvalue weighted by molar-refractivity contribution is -0.289. The van der Waals surface area contributed by atoms with Gasteiger partial charge < -0.3 is 24.1 Å². The number of aliphatic hydroxyl groups is 1. The zero-order chi connectivity index (χ0) is 12.3. The van der Waals surface area contributed by atoms with E-state index >= 15 is 0 Å². The Morgan fingerprint density at radius 3 is 2.50 bits per heavy atom. The summed E-state index contributed by atoms with van der Waals surface area (Å²) in [5.41, 5.74) is 0. The number of carbonyl (C=O) groups excluding carboxylic acids is 1. The molecule has 0 spiro atoms. The summed E-state index contributed by atoms with van der Waals surface area (Å²) >= 11 is 0. The van der Waals surface area contributed by atoms with E-state index in [1.165, 1.54) is 14.2 Å². The molecule has 0 aliphatic carbocycles. The van der Waals surface area contributed by atoms with Crippen LogP contribution in [0.25, 0.3) is 0 Å². The predicted molar refractivity (Wildman–Crippen MR) is 53.7 cm³/mol. The van der Waals surface area contributed by atoms with Gasteiger partial charge in [0.15, 0.2) is 24.0 Å². The molecule has 0 aromatic rings. The molecule has 1 rings (SSSR count). The Morgan fingerprint density at radius 1 is 1.44 bits per heavy atom. The van der Waals surface area contributed by atoms with Gasteiger partial charge in [-0.15, -0.1) is 0 Å². The molecule has 6 heteroatoms. The van der Waals surface area contributed by atoms with Crippen molar-refractivity contribution in [3.05, 3.63) is 0 Å². The molecule has 0 amide bonds. The monoisotopic (exact) mass is 234 g/mol. The van der Waals surface area contributed by atoms with E-state index in [1.807, 2.05) is 0 Å². The summed E-state index contributed by atoms with van der Waals surface area (Å²) in [7, 11) is 2.76. The largest absolute Gasteiger partial charge is 0.385 e. The van der Waals surface area contributed by atoms with Gasteiger partial charge in [0, 0.05) is 14.2 Å². The van der Waals surface area contributed by atoms with Gasteiger partial charge in [-0.05, 0) is 13.8 Å². The van der Waals surface area contributed by atoms with Crippen molar-refractivity contribution < 1.29 is 28.8 Å². The molecule has 94 valence electrons. The number of Topliss-reactive ketones (excluding diaryl/α,β-unsaturated/α-hetero) is 1. The van der Waals surface area contributed by atoms with Gasteiger partial charge in [-0.3, -0.25) is 4.79 Å². The standard InChI is InChI=1S/C10H18O6/c1-10(2)15-5-6(11)8(16-10)7(12)9(13-3)14-4/h7-9,12H,5H2,1-4H3/t7-,8+/m0/s1. The van der Waals surface area contributed by atoms with Crippen LogP contribution >= 0.6 is 0 Å². The van der Waals surface area contributed by atoms with Gasteiger partial charge in [0.1, 0.15) is 12.7 Å². The number of hydrogen-bond donors (Lipinski definition) is 1. The molecule has 0 bridgehead atoms. The van der Waals surface area contributed by atoms with Crippen molar-refractivity contribution in [2.75, 3.05) is 20.8 Å². The van der Waals surface area contributed by atoms with Gasteiger partial charge in [0.25, 0.3) is 0 Å². The first kappa shape index (κ1) is 13.5. The van der Waals surface area contributed by atoms with Crippen molar-refractivity contribution in [1.82, 2.24) is 0 Å². The number of methoxy groups -OCH3 is 2. The second kappa shape index (κ2) is 5.20. The molecular weight excluding hydrogens is 216 g/mol. The Morgan fingerprint density at radius 2 is 2.00 bits per heavy atom. The lowest BCUT2D eigenvalue weighted by atomic mass is 10.1. The van der Waals surface area contributed by atoms with Crippen LogP contribution in [0.4, 0.5) is 0 Å². The molecule has 16 heavy (non-hydrogen) atoms. The number of ether oxygens (including phenoxy) is 4. The molecule has 1 heterocycles. The predicted octanol–water partition coefficient (Wildman–Crippen LogP) is -0.313. The number of rotatable bonds is 4. The van der Waals surface area contributed by atoms with E-state index in [9.17, 15) is 9.90 Å². The van der Waals surface area contributed by atoms with Crippen molar-refractivity contribution in [2.24, 2.45) is 0 Å². The Kier molecular flexibility index (Phi) is 4.40. The maximum atomic E-state index is 11.5. The molecular formula is C10H18O6. The molecule has 1 N–H and O–H groups in total. The van der Waals surface area contributed by atoms with Gasteiger partial charge in [0.2, 0.25) is 0 Å². The van der Waals surface area contributed by atoms with Crippen molar-refractivity contribution >= 4 is 5.78 Å². The Labute approximate surface area is 94.4 Å². The third-order valence-corrected chi connectivity index (χ3v) is 2.34. The van der Waals surface area contributed by atoms with Gasteiger partial charge in [0.05, 0.1) is 0 Å². The normalized spacial score (nSPS) is 27.1. The van der Waals surface area contributed by atoms with Crippen LogP contribution in [-0.2, 0) is 23.7 Å². The van der Waals surface area contributed by atoms with Crippen LogP contribution in [-0.4, -0.2) is 56.0 Å². The SMILES string of the molecule is COC(OC)[C@@H](O)[C@@H]1OC(C)(C)OCC1=O. The molecule has 2 atom stereocenters. The first-order valence-electron chi connectivity index (χ1n) is 4.99. The molecule has 0 saturated carbocycles. The minimum absolute atomic E-state index is 0.0884. The Hall–Kier alpha value is -0.530. The number of ketones is 1. The fourth-order valence-electron chi connectivity index (χ4n) is 1.51. The highest BCUT2D eigenvalue weighted by molar-refractivity contribution is 5.85. The molecule has 0 unspecified atom stereocenters. The van der Waals surface area contributed by atoms with Gasteiger partial charge >= 0.3 is 0 Å². The van der Waals surface area contributed by atoms with E-state index in [0.29, 0.717) is 0 Å². The Bertz CT molecular complexity index is 248. The number of carbonyl (C=O) groups is 1. The second-order valence-corrected chi connectivity index (χ2v) is 4.02. The zero-order valence-electron chi connectivity index (χ0n) is 9.93. The van der Waals surface area contributed by atoms with Crippen LogP contribution in [0.1, 0.15) is 13.8 Å². The molecule has 1 saturated heterocycles. The number of aliphatic hydroxyl groups excluding tert-OH is 1. The fraction of sp³-hybridized carbons (Fsp3) is 0.900. The van der Waals surface area contributed by atoms with Crippen molar-refractivity contribution in [3.8, 4) is 0 Å². The van der Waals surface area contributed by atoms with Gasteiger partial charge in [-0.2, -0.15) is 0 Å². The average molecular weight is 234 g/mol. The summed E-state index contributed by atoms with van der Waals surface area (Å²) in [4.78, 5) is 11.5. The number of hydrogen-bond acceptors (Lipinski definition) is 6. The van der Waals surface area contributed by atoms with Crippen LogP contribution in [0.2, 0.25) is 0 Å². The maximum Gasteiger partial charge on any atom is 0.190 e. The molecule has 1 aliphatic rings. The summed E-state index contributed by atoms with van der Waals surface area (Å²) in [6.45, 7) is 3.26. The minimum atomic E-state index is -1.18. The third-order valence-electron chi connectivity index (χ3n) is 2.34. The average Bonchev–Trinajstić information content (AvgIpc) is 2.23. The molecule has 1 fully saturated rings. The van der Waals surface area contributed by atoms with Gasteiger partial charge in [-0.25, -0.2) is 0 Å². The smallest absolute Gasteiger partial charge is 0.190 e. The highest BCUT2D eigenvalue weighted by Gasteiger charge is 2.42. The quantitative estimate of drug-likeness (QED) is 0.672. The van der Waals surface area contributed by atoms with Gasteiger partial charge in [-0.1, -0.05) is 0 Å². The van der Waals surface area contributed by atoms with E-state index < -0.39 is 24.3 Å². The van der Waals surface area contributed by atoms with E-state index in [0.717, 1.165) is 0 Å². The van der Waals surface area contributed by atoms with E-state index in [-0.39, 0.29) is 12.4 Å². The van der Waals surface area contributed by atoms with Crippen LogP contribution in [0.3, 0.4) is 0 Å². The highest BCUT2D eigenvalue weighted by atomic mass is 16.7. The lowest BCUT2D eigenvalue weighted by Gasteiger charge is -2.38. The molecule has 0 aromatic carbocycles. The topological polar surface area (TPSA) is 74.2 Å². The first-order valence-corrected chi connectivity index (χ1v) is 4.99. The summed E-state index contributed by atoms with van der Waals surface area (Å²) in [5, 5.41) is 9.88. The Balaban J connectivity index is 2.72. The van der Waals surface area contributed by atoms with Crippen molar-refractivity contribution in [2.45, 2.75) is 38.1 Å².